The molecule has 2 aromatic carbocycles. The van der Waals surface area contributed by atoms with Crippen molar-refractivity contribution in [3.63, 3.8) is 0 Å². The van der Waals surface area contributed by atoms with Crippen molar-refractivity contribution in [2.75, 3.05) is 13.9 Å². The summed E-state index contributed by atoms with van der Waals surface area (Å²) in [6, 6.07) is 10.9. The van der Waals surface area contributed by atoms with Gasteiger partial charge in [0.15, 0.2) is 0 Å². The van der Waals surface area contributed by atoms with Crippen LogP contribution < -0.4 is 5.32 Å². The van der Waals surface area contributed by atoms with E-state index < -0.39 is 47.6 Å². The molecule has 2 amide bonds. The van der Waals surface area contributed by atoms with Crippen LogP contribution in [-0.2, 0) is 32.0 Å². The minimum Gasteiger partial charge on any atom is -0.445 e. The van der Waals surface area contributed by atoms with Gasteiger partial charge in [0.25, 0.3) is 0 Å². The molecule has 1 fully saturated rings. The average Bonchev–Trinajstić information content (AvgIpc) is 2.86. The number of carbonyl (C=O) groups is 2. The molecule has 8 nitrogen and oxygen atoms in total. The fourth-order valence-electron chi connectivity index (χ4n) is 4.97. The first-order chi connectivity index (χ1) is 19.0. The van der Waals surface area contributed by atoms with Gasteiger partial charge in [-0.15, -0.1) is 0 Å². The summed E-state index contributed by atoms with van der Waals surface area (Å²) in [6.07, 6.45) is 0.0909. The Hall–Kier alpha value is -3.24. The van der Waals surface area contributed by atoms with Crippen molar-refractivity contribution in [1.29, 1.82) is 0 Å². The lowest BCUT2D eigenvalue weighted by Gasteiger charge is -2.46. The number of amides is 2. The van der Waals surface area contributed by atoms with Gasteiger partial charge in [-0.1, -0.05) is 30.3 Å². The van der Waals surface area contributed by atoms with E-state index in [1.54, 1.807) is 25.7 Å². The number of ether oxygens (including phenoxy) is 4. The number of carbonyl (C=O) groups excluding carboxylic acids is 2. The first-order valence-electron chi connectivity index (χ1n) is 13.5. The van der Waals surface area contributed by atoms with Gasteiger partial charge in [-0.2, -0.15) is 0 Å². The van der Waals surface area contributed by atoms with Gasteiger partial charge in [-0.3, -0.25) is 4.90 Å². The number of halogens is 2. The Kier molecular flexibility index (Phi) is 11.3. The molecule has 0 radical (unpaired) electrons. The number of hydrogen-bond acceptors (Lipinski definition) is 6. The first-order valence-corrected chi connectivity index (χ1v) is 13.5. The molecule has 1 heterocycles. The minimum absolute atomic E-state index is 0.0105. The van der Waals surface area contributed by atoms with Crippen molar-refractivity contribution in [3.05, 3.63) is 71.3 Å². The smallest absolute Gasteiger partial charge is 0.410 e. The van der Waals surface area contributed by atoms with Crippen LogP contribution in [-0.4, -0.2) is 60.8 Å². The van der Waals surface area contributed by atoms with Gasteiger partial charge in [-0.05, 0) is 76.6 Å². The first kappa shape index (κ1) is 31.3. The number of piperidine rings is 1. The second-order valence-electron chi connectivity index (χ2n) is 11.1. The van der Waals surface area contributed by atoms with Gasteiger partial charge in [0.1, 0.15) is 36.7 Å². The van der Waals surface area contributed by atoms with Gasteiger partial charge in [0, 0.05) is 19.2 Å². The molecule has 0 bridgehead atoms. The molecule has 0 spiro atoms. The zero-order chi connectivity index (χ0) is 29.3. The molecule has 4 atom stereocenters. The summed E-state index contributed by atoms with van der Waals surface area (Å²) in [7, 11) is 1.46. The van der Waals surface area contributed by atoms with Crippen LogP contribution in [0.1, 0.15) is 58.1 Å². The molecule has 3 unspecified atom stereocenters. The summed E-state index contributed by atoms with van der Waals surface area (Å²) in [5.41, 5.74) is 0.384. The van der Waals surface area contributed by atoms with E-state index in [4.69, 9.17) is 18.9 Å². The van der Waals surface area contributed by atoms with Crippen LogP contribution in [0, 0.1) is 11.6 Å². The second kappa shape index (κ2) is 14.4. The number of likely N-dealkylation sites (tertiary alicyclic amines) is 1. The third-order valence-corrected chi connectivity index (χ3v) is 6.61. The highest BCUT2D eigenvalue weighted by Gasteiger charge is 2.43. The minimum atomic E-state index is -0.833. The monoisotopic (exact) mass is 562 g/mol. The highest BCUT2D eigenvalue weighted by Crippen LogP contribution is 2.30. The number of rotatable bonds is 10. The summed E-state index contributed by atoms with van der Waals surface area (Å²) in [5, 5.41) is 2.84. The Morgan fingerprint density at radius 2 is 1.73 bits per heavy atom. The van der Waals surface area contributed by atoms with Crippen LogP contribution in [0.4, 0.5) is 18.4 Å². The summed E-state index contributed by atoms with van der Waals surface area (Å²) >= 11 is 0. The molecule has 220 valence electrons. The zero-order valence-corrected chi connectivity index (χ0v) is 23.8. The van der Waals surface area contributed by atoms with Crippen molar-refractivity contribution in [1.82, 2.24) is 10.2 Å². The number of nitrogens with one attached hydrogen (secondary N) is 1. The molecule has 1 N–H and O–H groups in total. The molecule has 1 aliphatic rings. The van der Waals surface area contributed by atoms with E-state index in [-0.39, 0.29) is 25.9 Å². The Labute approximate surface area is 234 Å². The SMILES string of the molecule is COCOC(C(Cc1cc(F)cc(F)c1)NC(=O)OCc1ccccc1)C1CCC[C@H](C)N1C(=O)OC(C)(C)C. The highest BCUT2D eigenvalue weighted by atomic mass is 19.1. The Bertz CT molecular complexity index is 1090. The summed E-state index contributed by atoms with van der Waals surface area (Å²) in [5.74, 6) is -1.48. The molecule has 1 saturated heterocycles. The van der Waals surface area contributed by atoms with Crippen molar-refractivity contribution in [2.45, 2.75) is 89.8 Å². The van der Waals surface area contributed by atoms with Gasteiger partial charge in [0.05, 0.1) is 12.1 Å². The van der Waals surface area contributed by atoms with Gasteiger partial charge in [-0.25, -0.2) is 18.4 Å². The molecular formula is C30H40F2N2O6. The van der Waals surface area contributed by atoms with Crippen LogP contribution in [0.15, 0.2) is 48.5 Å². The number of nitrogens with zero attached hydrogens (tertiary/aromatic N) is 1. The lowest BCUT2D eigenvalue weighted by atomic mass is 9.87. The Balaban J connectivity index is 1.93. The van der Waals surface area contributed by atoms with Gasteiger partial charge in [0.2, 0.25) is 0 Å². The van der Waals surface area contributed by atoms with E-state index in [0.717, 1.165) is 24.5 Å². The topological polar surface area (TPSA) is 86.3 Å². The Morgan fingerprint density at radius 3 is 2.35 bits per heavy atom. The standard InChI is InChI=1S/C30H40F2N2O6/c1-20-10-9-13-26(34(20)29(36)40-30(2,3)4)27(39-19-37-5)25(16-22-14-23(31)17-24(32)15-22)33-28(35)38-18-21-11-7-6-8-12-21/h6-8,11-12,14-15,17,20,25-27H,9-10,13,16,18-19H2,1-5H3,(H,33,35)/t20-,25?,26?,27?/m0/s1. The van der Waals surface area contributed by atoms with E-state index in [1.165, 1.54) is 19.2 Å². The molecule has 0 aromatic heterocycles. The van der Waals surface area contributed by atoms with Crippen molar-refractivity contribution in [2.24, 2.45) is 0 Å². The molecule has 40 heavy (non-hydrogen) atoms. The lowest BCUT2D eigenvalue weighted by molar-refractivity contribution is -0.121. The lowest BCUT2D eigenvalue weighted by Crippen LogP contribution is -2.61. The average molecular weight is 563 g/mol. The maximum Gasteiger partial charge on any atom is 0.410 e. The maximum absolute atomic E-state index is 14.1. The zero-order valence-electron chi connectivity index (χ0n) is 23.8. The summed E-state index contributed by atoms with van der Waals surface area (Å²) in [6.45, 7) is 7.20. The van der Waals surface area contributed by atoms with Crippen molar-refractivity contribution < 1.29 is 37.3 Å². The number of alkyl carbamates (subject to hydrolysis) is 1. The van der Waals surface area contributed by atoms with Crippen LogP contribution in [0.25, 0.3) is 0 Å². The largest absolute Gasteiger partial charge is 0.445 e. The quantitative estimate of drug-likeness (QED) is 0.359. The molecule has 1 aliphatic heterocycles. The molecule has 0 aliphatic carbocycles. The van der Waals surface area contributed by atoms with Crippen molar-refractivity contribution >= 4 is 12.2 Å². The molecule has 0 saturated carbocycles. The van der Waals surface area contributed by atoms with Gasteiger partial charge < -0.3 is 24.3 Å². The van der Waals surface area contributed by atoms with E-state index in [9.17, 15) is 18.4 Å². The van der Waals surface area contributed by atoms with E-state index in [1.807, 2.05) is 37.3 Å². The van der Waals surface area contributed by atoms with Crippen LogP contribution >= 0.6 is 0 Å². The number of hydrogen-bond donors (Lipinski definition) is 1. The van der Waals surface area contributed by atoms with Crippen LogP contribution in [0.3, 0.4) is 0 Å². The maximum atomic E-state index is 14.1. The van der Waals surface area contributed by atoms with E-state index in [0.29, 0.717) is 12.0 Å². The molecule has 3 rings (SSSR count). The van der Waals surface area contributed by atoms with E-state index >= 15 is 0 Å². The molecular weight excluding hydrogens is 522 g/mol. The summed E-state index contributed by atoms with van der Waals surface area (Å²) in [4.78, 5) is 28.0. The predicted octanol–water partition coefficient (Wildman–Crippen LogP) is 5.97. The fourth-order valence-corrected chi connectivity index (χ4v) is 4.97. The fraction of sp³-hybridized carbons (Fsp3) is 0.533. The normalized spacial score (nSPS) is 19.0. The van der Waals surface area contributed by atoms with Crippen molar-refractivity contribution in [3.8, 4) is 0 Å². The Morgan fingerprint density at radius 1 is 1.05 bits per heavy atom. The van der Waals surface area contributed by atoms with Gasteiger partial charge >= 0.3 is 12.2 Å². The number of benzene rings is 2. The second-order valence-corrected chi connectivity index (χ2v) is 11.1. The molecule has 10 heteroatoms. The predicted molar refractivity (Wildman–Crippen MR) is 146 cm³/mol. The highest BCUT2D eigenvalue weighted by molar-refractivity contribution is 5.70. The third kappa shape index (κ3) is 9.45. The van der Waals surface area contributed by atoms with Crippen LogP contribution in [0.2, 0.25) is 0 Å². The molecule has 2 aromatic rings. The van der Waals surface area contributed by atoms with Crippen LogP contribution in [0.5, 0.6) is 0 Å². The number of methoxy groups -OCH3 is 1. The third-order valence-electron chi connectivity index (χ3n) is 6.61. The van der Waals surface area contributed by atoms with E-state index in [2.05, 4.69) is 5.32 Å². The summed E-state index contributed by atoms with van der Waals surface area (Å²) < 4.78 is 50.7.